The molecule has 4 nitrogen and oxygen atoms in total. The Morgan fingerprint density at radius 2 is 1.76 bits per heavy atom. The lowest BCUT2D eigenvalue weighted by Crippen LogP contribution is -2.26. The zero-order valence-electron chi connectivity index (χ0n) is 11.7. The van der Waals surface area contributed by atoms with Crippen molar-refractivity contribution < 1.29 is 8.42 Å². The van der Waals surface area contributed by atoms with Gasteiger partial charge in [-0.1, -0.05) is 48.0 Å². The lowest BCUT2D eigenvalue weighted by molar-refractivity contribution is 0.467. The van der Waals surface area contributed by atoms with Crippen LogP contribution in [-0.4, -0.2) is 19.8 Å². The van der Waals surface area contributed by atoms with Crippen molar-refractivity contribution in [3.05, 3.63) is 64.7 Å². The molecule has 0 fully saturated rings. The second kappa shape index (κ2) is 6.58. The molecule has 2 N–H and O–H groups in total. The molecule has 6 heteroatoms. The number of halogens is 1. The lowest BCUT2D eigenvalue weighted by atomic mass is 10.2. The lowest BCUT2D eigenvalue weighted by Gasteiger charge is -2.18. The van der Waals surface area contributed by atoms with Gasteiger partial charge < -0.3 is 5.73 Å². The Bertz CT molecular complexity index is 718. The van der Waals surface area contributed by atoms with E-state index in [-0.39, 0.29) is 16.5 Å². The molecule has 0 spiro atoms. The second-order valence-corrected chi connectivity index (χ2v) is 7.14. The van der Waals surface area contributed by atoms with Crippen molar-refractivity contribution >= 4 is 21.6 Å². The summed E-state index contributed by atoms with van der Waals surface area (Å²) in [5.41, 5.74) is 7.23. The molecule has 2 rings (SSSR count). The van der Waals surface area contributed by atoms with Gasteiger partial charge in [0.1, 0.15) is 4.90 Å². The number of hydrogen-bond acceptors (Lipinski definition) is 3. The van der Waals surface area contributed by atoms with E-state index >= 15 is 0 Å². The van der Waals surface area contributed by atoms with Crippen molar-refractivity contribution in [2.45, 2.75) is 18.0 Å². The third kappa shape index (κ3) is 3.63. The van der Waals surface area contributed by atoms with Gasteiger partial charge in [0.2, 0.25) is 10.0 Å². The van der Waals surface area contributed by atoms with Gasteiger partial charge in [-0.15, -0.1) is 0 Å². The quantitative estimate of drug-likeness (QED) is 0.919. The van der Waals surface area contributed by atoms with E-state index in [2.05, 4.69) is 0 Å². The normalized spacial score (nSPS) is 11.8. The Hall–Kier alpha value is -1.40. The van der Waals surface area contributed by atoms with Gasteiger partial charge in [0.05, 0.1) is 5.02 Å². The molecule has 0 bridgehead atoms. The predicted molar refractivity (Wildman–Crippen MR) is 84.4 cm³/mol. The van der Waals surface area contributed by atoms with Crippen molar-refractivity contribution in [1.29, 1.82) is 0 Å². The highest BCUT2D eigenvalue weighted by atomic mass is 35.5. The molecule has 0 unspecified atom stereocenters. The van der Waals surface area contributed by atoms with Gasteiger partial charge >= 0.3 is 0 Å². The molecule has 0 amide bonds. The van der Waals surface area contributed by atoms with Crippen LogP contribution in [0.1, 0.15) is 11.1 Å². The number of nitrogens with zero attached hydrogens (tertiary/aromatic N) is 1. The summed E-state index contributed by atoms with van der Waals surface area (Å²) in [6.07, 6.45) is 0. The number of hydrogen-bond donors (Lipinski definition) is 1. The number of benzene rings is 2. The highest BCUT2D eigenvalue weighted by Crippen LogP contribution is 2.26. The molecular formula is C15H17ClN2O2S. The van der Waals surface area contributed by atoms with Crippen LogP contribution in [0, 0.1) is 0 Å². The van der Waals surface area contributed by atoms with E-state index in [0.29, 0.717) is 6.54 Å². The molecule has 0 aromatic heterocycles. The molecular weight excluding hydrogens is 308 g/mol. The average molecular weight is 325 g/mol. The molecule has 112 valence electrons. The molecule has 0 radical (unpaired) electrons. The summed E-state index contributed by atoms with van der Waals surface area (Å²) in [6.45, 7) is 0.609. The Kier molecular flexibility index (Phi) is 5.00. The summed E-state index contributed by atoms with van der Waals surface area (Å²) in [6, 6.07) is 14.2. The van der Waals surface area contributed by atoms with E-state index in [1.807, 2.05) is 30.3 Å². The third-order valence-electron chi connectivity index (χ3n) is 3.17. The van der Waals surface area contributed by atoms with E-state index in [0.717, 1.165) is 11.1 Å². The van der Waals surface area contributed by atoms with Gasteiger partial charge in [-0.25, -0.2) is 8.42 Å². The molecule has 0 aliphatic carbocycles. The maximum Gasteiger partial charge on any atom is 0.244 e. The van der Waals surface area contributed by atoms with E-state index in [1.54, 1.807) is 12.1 Å². The number of nitrogens with two attached hydrogens (primary N) is 1. The maximum atomic E-state index is 12.6. The van der Waals surface area contributed by atoms with Crippen LogP contribution >= 0.6 is 11.6 Å². The summed E-state index contributed by atoms with van der Waals surface area (Å²) < 4.78 is 26.4. The van der Waals surface area contributed by atoms with E-state index in [4.69, 9.17) is 17.3 Å². The standard InChI is InChI=1S/C15H17ClN2O2S/c1-18(11-12-5-3-2-4-6-12)21(19,20)15-8-7-13(10-17)9-14(15)16/h2-9H,10-11,17H2,1H3. The van der Waals surface area contributed by atoms with Crippen LogP contribution in [0.4, 0.5) is 0 Å². The molecule has 2 aromatic carbocycles. The molecule has 0 aliphatic rings. The predicted octanol–water partition coefficient (Wildman–Crippen LogP) is 2.62. The fourth-order valence-electron chi connectivity index (χ4n) is 1.97. The first-order valence-corrected chi connectivity index (χ1v) is 8.25. The van der Waals surface area contributed by atoms with Gasteiger partial charge in [-0.3, -0.25) is 0 Å². The third-order valence-corrected chi connectivity index (χ3v) is 5.45. The molecule has 0 saturated heterocycles. The van der Waals surface area contributed by atoms with E-state index in [1.165, 1.54) is 17.4 Å². The van der Waals surface area contributed by atoms with Crippen LogP contribution < -0.4 is 5.73 Å². The first-order valence-electron chi connectivity index (χ1n) is 6.44. The largest absolute Gasteiger partial charge is 0.326 e. The van der Waals surface area contributed by atoms with Crippen LogP contribution in [0.2, 0.25) is 5.02 Å². The summed E-state index contributed by atoms with van der Waals surface area (Å²) >= 11 is 6.08. The molecule has 0 saturated carbocycles. The Morgan fingerprint density at radius 3 is 2.33 bits per heavy atom. The van der Waals surface area contributed by atoms with Crippen LogP contribution in [0.15, 0.2) is 53.4 Å². The summed E-state index contributed by atoms with van der Waals surface area (Å²) in [5.74, 6) is 0. The van der Waals surface area contributed by atoms with Crippen LogP contribution in [0.25, 0.3) is 0 Å². The van der Waals surface area contributed by atoms with E-state index in [9.17, 15) is 8.42 Å². The topological polar surface area (TPSA) is 63.4 Å². The molecule has 21 heavy (non-hydrogen) atoms. The molecule has 0 heterocycles. The monoisotopic (exact) mass is 324 g/mol. The highest BCUT2D eigenvalue weighted by molar-refractivity contribution is 7.89. The minimum Gasteiger partial charge on any atom is -0.326 e. The molecule has 0 aliphatic heterocycles. The van der Waals surface area contributed by atoms with Crippen LogP contribution in [-0.2, 0) is 23.1 Å². The van der Waals surface area contributed by atoms with Crippen molar-refractivity contribution in [3.63, 3.8) is 0 Å². The minimum absolute atomic E-state index is 0.0970. The molecule has 2 aromatic rings. The van der Waals surface area contributed by atoms with Crippen molar-refractivity contribution in [1.82, 2.24) is 4.31 Å². The highest BCUT2D eigenvalue weighted by Gasteiger charge is 2.23. The van der Waals surface area contributed by atoms with Crippen LogP contribution in [0.5, 0.6) is 0 Å². The van der Waals surface area contributed by atoms with Gasteiger partial charge in [-0.2, -0.15) is 4.31 Å². The number of sulfonamides is 1. The maximum absolute atomic E-state index is 12.6. The minimum atomic E-state index is -3.63. The fourth-order valence-corrected chi connectivity index (χ4v) is 3.67. The van der Waals surface area contributed by atoms with Crippen molar-refractivity contribution in [3.8, 4) is 0 Å². The second-order valence-electron chi connectivity index (χ2n) is 4.72. The summed E-state index contributed by atoms with van der Waals surface area (Å²) in [7, 11) is -2.10. The van der Waals surface area contributed by atoms with Crippen molar-refractivity contribution in [2.75, 3.05) is 7.05 Å². The number of rotatable bonds is 5. The SMILES string of the molecule is CN(Cc1ccccc1)S(=O)(=O)c1ccc(CN)cc1Cl. The first kappa shape index (κ1) is 16.0. The molecule has 0 atom stereocenters. The van der Waals surface area contributed by atoms with E-state index < -0.39 is 10.0 Å². The zero-order chi connectivity index (χ0) is 15.5. The van der Waals surface area contributed by atoms with Crippen LogP contribution in [0.3, 0.4) is 0 Å². The van der Waals surface area contributed by atoms with Gasteiger partial charge in [0, 0.05) is 20.1 Å². The van der Waals surface area contributed by atoms with Crippen molar-refractivity contribution in [2.24, 2.45) is 5.73 Å². The summed E-state index contributed by atoms with van der Waals surface area (Å²) in [4.78, 5) is 0.0970. The van der Waals surface area contributed by atoms with Gasteiger partial charge in [0.15, 0.2) is 0 Å². The van der Waals surface area contributed by atoms with Gasteiger partial charge in [-0.05, 0) is 23.3 Å². The Morgan fingerprint density at radius 1 is 1.10 bits per heavy atom. The first-order chi connectivity index (χ1) is 9.95. The zero-order valence-corrected chi connectivity index (χ0v) is 13.2. The van der Waals surface area contributed by atoms with Gasteiger partial charge in [0.25, 0.3) is 0 Å². The smallest absolute Gasteiger partial charge is 0.244 e. The summed E-state index contributed by atoms with van der Waals surface area (Å²) in [5, 5.41) is 0.192. The Balaban J connectivity index is 2.29. The fraction of sp³-hybridized carbons (Fsp3) is 0.200. The average Bonchev–Trinajstić information content (AvgIpc) is 2.47. The Labute approximate surface area is 130 Å².